The summed E-state index contributed by atoms with van der Waals surface area (Å²) in [5.41, 5.74) is 8.41. The van der Waals surface area contributed by atoms with Crippen LogP contribution in [0.4, 0.5) is 15.8 Å². The topological polar surface area (TPSA) is 47.3 Å². The SMILES string of the molecule is CC(C)COc1ccc(CCCNc2ccccc2F)cc1N. The van der Waals surface area contributed by atoms with Crippen LogP contribution < -0.4 is 15.8 Å². The first-order valence-electron chi connectivity index (χ1n) is 8.06. The number of anilines is 2. The lowest BCUT2D eigenvalue weighted by atomic mass is 10.1. The van der Waals surface area contributed by atoms with E-state index in [9.17, 15) is 4.39 Å². The molecule has 0 amide bonds. The van der Waals surface area contributed by atoms with Crippen molar-refractivity contribution >= 4 is 11.4 Å². The Morgan fingerprint density at radius 1 is 1.17 bits per heavy atom. The molecule has 2 rings (SSSR count). The summed E-state index contributed by atoms with van der Waals surface area (Å²) in [6.45, 7) is 5.59. The zero-order chi connectivity index (χ0) is 16.7. The van der Waals surface area contributed by atoms with Crippen molar-refractivity contribution in [3.05, 3.63) is 53.8 Å². The van der Waals surface area contributed by atoms with Gasteiger partial charge in [0, 0.05) is 6.54 Å². The highest BCUT2D eigenvalue weighted by Crippen LogP contribution is 2.23. The van der Waals surface area contributed by atoms with E-state index in [0.29, 0.717) is 30.4 Å². The van der Waals surface area contributed by atoms with E-state index in [4.69, 9.17) is 10.5 Å². The van der Waals surface area contributed by atoms with Crippen LogP contribution in [0.1, 0.15) is 25.8 Å². The number of nitrogens with one attached hydrogen (secondary N) is 1. The zero-order valence-corrected chi connectivity index (χ0v) is 13.8. The smallest absolute Gasteiger partial charge is 0.146 e. The van der Waals surface area contributed by atoms with Crippen LogP contribution in [0.5, 0.6) is 5.75 Å². The lowest BCUT2D eigenvalue weighted by molar-refractivity contribution is 0.272. The highest BCUT2D eigenvalue weighted by molar-refractivity contribution is 5.54. The molecule has 0 spiro atoms. The maximum absolute atomic E-state index is 13.5. The molecule has 0 aliphatic carbocycles. The van der Waals surface area contributed by atoms with E-state index in [1.54, 1.807) is 12.1 Å². The van der Waals surface area contributed by atoms with E-state index < -0.39 is 0 Å². The van der Waals surface area contributed by atoms with E-state index in [2.05, 4.69) is 19.2 Å². The number of ether oxygens (including phenoxy) is 1. The van der Waals surface area contributed by atoms with Gasteiger partial charge in [0.25, 0.3) is 0 Å². The summed E-state index contributed by atoms with van der Waals surface area (Å²) in [5.74, 6) is 0.994. The summed E-state index contributed by atoms with van der Waals surface area (Å²) in [4.78, 5) is 0. The Labute approximate surface area is 137 Å². The summed E-state index contributed by atoms with van der Waals surface area (Å²) in [6.07, 6.45) is 1.79. The second-order valence-corrected chi connectivity index (χ2v) is 6.09. The second-order valence-electron chi connectivity index (χ2n) is 6.09. The molecule has 3 nitrogen and oxygen atoms in total. The van der Waals surface area contributed by atoms with Crippen LogP contribution in [0, 0.1) is 11.7 Å². The van der Waals surface area contributed by atoms with E-state index in [1.807, 2.05) is 24.3 Å². The summed E-state index contributed by atoms with van der Waals surface area (Å²) >= 11 is 0. The first-order valence-corrected chi connectivity index (χ1v) is 8.06. The van der Waals surface area contributed by atoms with Gasteiger partial charge < -0.3 is 15.8 Å². The Hall–Kier alpha value is -2.23. The molecule has 0 heterocycles. The van der Waals surface area contributed by atoms with Gasteiger partial charge in [0.05, 0.1) is 18.0 Å². The van der Waals surface area contributed by atoms with Crippen molar-refractivity contribution in [3.63, 3.8) is 0 Å². The molecule has 0 bridgehead atoms. The van der Waals surface area contributed by atoms with Crippen LogP contribution in [0.15, 0.2) is 42.5 Å². The van der Waals surface area contributed by atoms with Crippen molar-refractivity contribution in [1.82, 2.24) is 0 Å². The van der Waals surface area contributed by atoms with Crippen molar-refractivity contribution < 1.29 is 9.13 Å². The fourth-order valence-corrected chi connectivity index (χ4v) is 2.26. The number of halogens is 1. The van der Waals surface area contributed by atoms with Gasteiger partial charge in [-0.15, -0.1) is 0 Å². The molecule has 0 aliphatic heterocycles. The maximum atomic E-state index is 13.5. The first-order chi connectivity index (χ1) is 11.1. The predicted octanol–water partition coefficient (Wildman–Crippen LogP) is 4.49. The highest BCUT2D eigenvalue weighted by Gasteiger charge is 2.04. The monoisotopic (exact) mass is 316 g/mol. The Balaban J connectivity index is 1.80. The molecule has 0 saturated heterocycles. The summed E-state index contributed by atoms with van der Waals surface area (Å²) in [7, 11) is 0. The van der Waals surface area contributed by atoms with Crippen LogP contribution in [-0.2, 0) is 6.42 Å². The van der Waals surface area contributed by atoms with Crippen molar-refractivity contribution in [2.45, 2.75) is 26.7 Å². The normalized spacial score (nSPS) is 10.8. The van der Waals surface area contributed by atoms with E-state index in [-0.39, 0.29) is 5.82 Å². The molecule has 0 aliphatic rings. The number of nitrogens with two attached hydrogens (primary N) is 1. The Bertz CT molecular complexity index is 629. The lowest BCUT2D eigenvalue weighted by Crippen LogP contribution is -2.07. The lowest BCUT2D eigenvalue weighted by Gasteiger charge is -2.12. The van der Waals surface area contributed by atoms with Gasteiger partial charge >= 0.3 is 0 Å². The van der Waals surface area contributed by atoms with Gasteiger partial charge in [0.15, 0.2) is 0 Å². The Kier molecular flexibility index (Phi) is 6.27. The molecular formula is C19H25FN2O. The van der Waals surface area contributed by atoms with Crippen molar-refractivity contribution in [2.75, 3.05) is 24.2 Å². The largest absolute Gasteiger partial charge is 0.491 e. The van der Waals surface area contributed by atoms with Gasteiger partial charge in [0.2, 0.25) is 0 Å². The number of hydrogen-bond acceptors (Lipinski definition) is 3. The third kappa shape index (κ3) is 5.47. The minimum Gasteiger partial charge on any atom is -0.491 e. The van der Waals surface area contributed by atoms with Crippen molar-refractivity contribution in [3.8, 4) is 5.75 Å². The standard InChI is InChI=1S/C19H25FN2O/c1-14(2)13-23-19-10-9-15(12-17(19)21)6-5-11-22-18-8-4-3-7-16(18)20/h3-4,7-10,12,14,22H,5-6,11,13,21H2,1-2H3. The van der Waals surface area contributed by atoms with Gasteiger partial charge in [-0.05, 0) is 48.6 Å². The number of nitrogen functional groups attached to an aromatic ring is 1. The Morgan fingerprint density at radius 2 is 1.96 bits per heavy atom. The third-order valence-corrected chi connectivity index (χ3v) is 3.48. The maximum Gasteiger partial charge on any atom is 0.146 e. The van der Waals surface area contributed by atoms with E-state index in [1.165, 1.54) is 6.07 Å². The summed E-state index contributed by atoms with van der Waals surface area (Å²) in [5, 5.41) is 3.11. The number of aryl methyl sites for hydroxylation is 1. The average molecular weight is 316 g/mol. The second kappa shape index (κ2) is 8.42. The minimum absolute atomic E-state index is 0.219. The number of para-hydroxylation sites is 1. The van der Waals surface area contributed by atoms with Crippen LogP contribution in [0.3, 0.4) is 0 Å². The molecule has 0 radical (unpaired) electrons. The summed E-state index contributed by atoms with van der Waals surface area (Å²) in [6, 6.07) is 12.6. The van der Waals surface area contributed by atoms with Crippen LogP contribution in [-0.4, -0.2) is 13.2 Å². The molecule has 124 valence electrons. The minimum atomic E-state index is -0.219. The highest BCUT2D eigenvalue weighted by atomic mass is 19.1. The first kappa shape index (κ1) is 17.1. The van der Waals surface area contributed by atoms with Crippen LogP contribution >= 0.6 is 0 Å². The molecule has 0 aromatic heterocycles. The molecule has 0 saturated carbocycles. The fraction of sp³-hybridized carbons (Fsp3) is 0.368. The molecule has 23 heavy (non-hydrogen) atoms. The molecule has 0 fully saturated rings. The quantitative estimate of drug-likeness (QED) is 0.557. The molecule has 2 aromatic carbocycles. The molecule has 0 atom stereocenters. The van der Waals surface area contributed by atoms with Crippen LogP contribution in [0.25, 0.3) is 0 Å². The zero-order valence-electron chi connectivity index (χ0n) is 13.8. The average Bonchev–Trinajstić information content (AvgIpc) is 2.52. The fourth-order valence-electron chi connectivity index (χ4n) is 2.26. The van der Waals surface area contributed by atoms with Crippen molar-refractivity contribution in [1.29, 1.82) is 0 Å². The van der Waals surface area contributed by atoms with Gasteiger partial charge in [-0.1, -0.05) is 32.0 Å². The molecule has 3 N–H and O–H groups in total. The number of rotatable bonds is 8. The van der Waals surface area contributed by atoms with Crippen LogP contribution in [0.2, 0.25) is 0 Å². The number of hydrogen-bond donors (Lipinski definition) is 2. The molecule has 2 aromatic rings. The predicted molar refractivity (Wildman–Crippen MR) is 94.4 cm³/mol. The molecule has 0 unspecified atom stereocenters. The van der Waals surface area contributed by atoms with Gasteiger partial charge in [-0.2, -0.15) is 0 Å². The molecular weight excluding hydrogens is 291 g/mol. The number of benzene rings is 2. The van der Waals surface area contributed by atoms with E-state index >= 15 is 0 Å². The van der Waals surface area contributed by atoms with Gasteiger partial charge in [-0.3, -0.25) is 0 Å². The molecule has 4 heteroatoms. The van der Waals surface area contributed by atoms with E-state index in [0.717, 1.165) is 24.2 Å². The van der Waals surface area contributed by atoms with Gasteiger partial charge in [0.1, 0.15) is 11.6 Å². The Morgan fingerprint density at radius 3 is 2.65 bits per heavy atom. The summed E-state index contributed by atoms with van der Waals surface area (Å²) < 4.78 is 19.1. The van der Waals surface area contributed by atoms with Gasteiger partial charge in [-0.25, -0.2) is 4.39 Å². The van der Waals surface area contributed by atoms with Crippen molar-refractivity contribution in [2.24, 2.45) is 5.92 Å². The third-order valence-electron chi connectivity index (χ3n) is 3.48.